The molecule has 0 aliphatic carbocycles. The van der Waals surface area contributed by atoms with Crippen LogP contribution in [0.3, 0.4) is 0 Å². The molecule has 0 saturated heterocycles. The van der Waals surface area contributed by atoms with Gasteiger partial charge >= 0.3 is 0 Å². The zero-order chi connectivity index (χ0) is 11.8. The summed E-state index contributed by atoms with van der Waals surface area (Å²) in [5.74, 6) is 0. The van der Waals surface area contributed by atoms with Crippen molar-refractivity contribution < 1.29 is 0 Å². The predicted octanol–water partition coefficient (Wildman–Crippen LogP) is 1.55. The van der Waals surface area contributed by atoms with Gasteiger partial charge in [-0.25, -0.2) is 9.97 Å². The maximum Gasteiger partial charge on any atom is 0.262 e. The van der Waals surface area contributed by atoms with Crippen LogP contribution in [-0.2, 0) is 6.54 Å². The minimum absolute atomic E-state index is 0.0248. The first-order chi connectivity index (χ1) is 8.24. The van der Waals surface area contributed by atoms with Crippen LogP contribution in [-0.4, -0.2) is 14.5 Å². The van der Waals surface area contributed by atoms with E-state index in [1.165, 1.54) is 22.7 Å². The molecule has 3 aromatic rings. The highest BCUT2D eigenvalue weighted by molar-refractivity contribution is 7.16. The van der Waals surface area contributed by atoms with E-state index in [1.807, 2.05) is 5.38 Å². The van der Waals surface area contributed by atoms with Crippen LogP contribution in [0.2, 0.25) is 0 Å². The minimum Gasteiger partial charge on any atom is -0.375 e. The standard InChI is InChI=1S/C10H8N4OS2/c11-10-12-3-6(17-10)4-14-5-13-8-7(9(14)15)1-2-16-8/h1-3,5H,4H2,(H2,11,12). The maximum absolute atomic E-state index is 12.1. The van der Waals surface area contributed by atoms with Crippen LogP contribution in [0.4, 0.5) is 5.13 Å². The SMILES string of the molecule is Nc1ncc(Cn2cnc3sccc3c2=O)s1. The van der Waals surface area contributed by atoms with Gasteiger partial charge in [0.1, 0.15) is 4.83 Å². The Morgan fingerprint density at radius 1 is 1.41 bits per heavy atom. The van der Waals surface area contributed by atoms with Crippen molar-refractivity contribution in [2.45, 2.75) is 6.54 Å². The summed E-state index contributed by atoms with van der Waals surface area (Å²) < 4.78 is 1.57. The third kappa shape index (κ3) is 1.83. The van der Waals surface area contributed by atoms with Gasteiger partial charge < -0.3 is 5.73 Å². The van der Waals surface area contributed by atoms with Gasteiger partial charge in [0.15, 0.2) is 5.13 Å². The van der Waals surface area contributed by atoms with Crippen LogP contribution < -0.4 is 11.3 Å². The molecule has 0 aliphatic rings. The van der Waals surface area contributed by atoms with Crippen molar-refractivity contribution >= 4 is 38.0 Å². The molecule has 0 aliphatic heterocycles. The van der Waals surface area contributed by atoms with E-state index in [-0.39, 0.29) is 5.56 Å². The monoisotopic (exact) mass is 264 g/mol. The summed E-state index contributed by atoms with van der Waals surface area (Å²) in [5, 5.41) is 3.04. The molecule has 3 heterocycles. The average molecular weight is 264 g/mol. The highest BCUT2D eigenvalue weighted by Crippen LogP contribution is 2.16. The van der Waals surface area contributed by atoms with Crippen molar-refractivity contribution in [3.05, 3.63) is 39.2 Å². The van der Waals surface area contributed by atoms with Gasteiger partial charge in [-0.05, 0) is 11.4 Å². The normalized spacial score (nSPS) is 11.1. The summed E-state index contributed by atoms with van der Waals surface area (Å²) in [4.78, 5) is 22.0. The number of thiophene rings is 1. The number of rotatable bonds is 2. The highest BCUT2D eigenvalue weighted by Gasteiger charge is 2.06. The zero-order valence-electron chi connectivity index (χ0n) is 8.66. The number of hydrogen-bond donors (Lipinski definition) is 1. The van der Waals surface area contributed by atoms with Gasteiger partial charge in [-0.1, -0.05) is 0 Å². The summed E-state index contributed by atoms with van der Waals surface area (Å²) >= 11 is 2.85. The van der Waals surface area contributed by atoms with Crippen molar-refractivity contribution in [2.24, 2.45) is 0 Å². The second-order valence-electron chi connectivity index (χ2n) is 3.48. The molecule has 0 spiro atoms. The summed E-state index contributed by atoms with van der Waals surface area (Å²) in [6.07, 6.45) is 3.25. The van der Waals surface area contributed by atoms with E-state index in [0.717, 1.165) is 9.71 Å². The summed E-state index contributed by atoms with van der Waals surface area (Å²) in [7, 11) is 0. The smallest absolute Gasteiger partial charge is 0.262 e. The molecule has 0 aromatic carbocycles. The lowest BCUT2D eigenvalue weighted by Gasteiger charge is -2.01. The number of aromatic nitrogens is 3. The Hall–Kier alpha value is -1.73. The van der Waals surface area contributed by atoms with Crippen LogP contribution in [0.1, 0.15) is 4.88 Å². The molecule has 17 heavy (non-hydrogen) atoms. The summed E-state index contributed by atoms with van der Waals surface area (Å²) in [5.41, 5.74) is 5.53. The number of anilines is 1. The van der Waals surface area contributed by atoms with E-state index in [2.05, 4.69) is 9.97 Å². The molecule has 3 aromatic heterocycles. The van der Waals surface area contributed by atoms with E-state index in [1.54, 1.807) is 23.2 Å². The fraction of sp³-hybridized carbons (Fsp3) is 0.100. The lowest BCUT2D eigenvalue weighted by atomic mass is 10.4. The van der Waals surface area contributed by atoms with Crippen molar-refractivity contribution in [1.29, 1.82) is 0 Å². The summed E-state index contributed by atoms with van der Waals surface area (Å²) in [6.45, 7) is 0.465. The third-order valence-electron chi connectivity index (χ3n) is 2.35. The van der Waals surface area contributed by atoms with Crippen molar-refractivity contribution in [2.75, 3.05) is 5.73 Å². The molecule has 3 rings (SSSR count). The molecule has 0 amide bonds. The van der Waals surface area contributed by atoms with Crippen LogP contribution in [0.5, 0.6) is 0 Å². The number of fused-ring (bicyclic) bond motifs is 1. The van der Waals surface area contributed by atoms with Crippen LogP contribution in [0.25, 0.3) is 10.2 Å². The molecule has 0 bridgehead atoms. The minimum atomic E-state index is -0.0248. The molecule has 0 atom stereocenters. The second kappa shape index (κ2) is 3.94. The van der Waals surface area contributed by atoms with Crippen LogP contribution in [0, 0.1) is 0 Å². The van der Waals surface area contributed by atoms with Crippen molar-refractivity contribution in [3.8, 4) is 0 Å². The molecular formula is C10H8N4OS2. The van der Waals surface area contributed by atoms with Gasteiger partial charge in [-0.2, -0.15) is 0 Å². The van der Waals surface area contributed by atoms with Gasteiger partial charge in [0, 0.05) is 11.1 Å². The lowest BCUT2D eigenvalue weighted by Crippen LogP contribution is -2.19. The van der Waals surface area contributed by atoms with E-state index in [4.69, 9.17) is 5.73 Å². The summed E-state index contributed by atoms with van der Waals surface area (Å²) in [6, 6.07) is 1.80. The molecular weight excluding hydrogens is 256 g/mol. The van der Waals surface area contributed by atoms with Crippen LogP contribution in [0.15, 0.2) is 28.8 Å². The third-order valence-corrected chi connectivity index (χ3v) is 3.98. The second-order valence-corrected chi connectivity index (χ2v) is 5.52. The fourth-order valence-corrected chi connectivity index (χ4v) is 2.98. The quantitative estimate of drug-likeness (QED) is 0.762. The first-order valence-electron chi connectivity index (χ1n) is 4.87. The van der Waals surface area contributed by atoms with E-state index in [0.29, 0.717) is 17.1 Å². The first kappa shape index (κ1) is 10.4. The van der Waals surface area contributed by atoms with Gasteiger partial charge in [0.25, 0.3) is 5.56 Å². The van der Waals surface area contributed by atoms with Gasteiger partial charge in [-0.15, -0.1) is 22.7 Å². The molecule has 0 unspecified atom stereocenters. The highest BCUT2D eigenvalue weighted by atomic mass is 32.1. The Labute approximate surface area is 104 Å². The molecule has 0 fully saturated rings. The van der Waals surface area contributed by atoms with E-state index >= 15 is 0 Å². The number of hydrogen-bond acceptors (Lipinski definition) is 6. The van der Waals surface area contributed by atoms with Gasteiger partial charge in [0.05, 0.1) is 18.3 Å². The van der Waals surface area contributed by atoms with Gasteiger partial charge in [-0.3, -0.25) is 9.36 Å². The Morgan fingerprint density at radius 2 is 2.29 bits per heavy atom. The van der Waals surface area contributed by atoms with Crippen LogP contribution >= 0.6 is 22.7 Å². The molecule has 0 saturated carbocycles. The topological polar surface area (TPSA) is 73.8 Å². The Bertz CT molecular complexity index is 727. The van der Waals surface area contributed by atoms with E-state index < -0.39 is 0 Å². The number of nitrogens with two attached hydrogens (primary N) is 1. The first-order valence-corrected chi connectivity index (χ1v) is 6.56. The lowest BCUT2D eigenvalue weighted by molar-refractivity contribution is 0.758. The number of thiazole rings is 1. The number of nitrogens with zero attached hydrogens (tertiary/aromatic N) is 3. The number of nitrogen functional groups attached to an aromatic ring is 1. The predicted molar refractivity (Wildman–Crippen MR) is 69.5 cm³/mol. The Morgan fingerprint density at radius 3 is 3.06 bits per heavy atom. The average Bonchev–Trinajstić information content (AvgIpc) is 2.92. The Balaban J connectivity index is 2.06. The molecule has 0 radical (unpaired) electrons. The largest absolute Gasteiger partial charge is 0.375 e. The Kier molecular flexibility index (Phi) is 2.41. The zero-order valence-corrected chi connectivity index (χ0v) is 10.3. The molecule has 86 valence electrons. The van der Waals surface area contributed by atoms with E-state index in [9.17, 15) is 4.79 Å². The maximum atomic E-state index is 12.1. The molecule has 2 N–H and O–H groups in total. The fourth-order valence-electron chi connectivity index (χ4n) is 1.57. The van der Waals surface area contributed by atoms with Crippen molar-refractivity contribution in [3.63, 3.8) is 0 Å². The van der Waals surface area contributed by atoms with Gasteiger partial charge in [0.2, 0.25) is 0 Å². The molecule has 5 nitrogen and oxygen atoms in total. The molecule has 7 heteroatoms. The van der Waals surface area contributed by atoms with Crippen molar-refractivity contribution in [1.82, 2.24) is 14.5 Å².